The van der Waals surface area contributed by atoms with Crippen LogP contribution < -0.4 is 0 Å². The van der Waals surface area contributed by atoms with E-state index in [0.717, 1.165) is 0 Å². The summed E-state index contributed by atoms with van der Waals surface area (Å²) in [7, 11) is 0. The molecular formula is H7CuSbSe2. The normalized spacial score (nSPS) is 0. The summed E-state index contributed by atoms with van der Waals surface area (Å²) in [6, 6.07) is 0. The van der Waals surface area contributed by atoms with Gasteiger partial charge in [0.1, 0.15) is 0 Å². The molecule has 1 radical (unpaired) electrons. The van der Waals surface area contributed by atoms with E-state index >= 15 is 0 Å². The Balaban J connectivity index is 0. The van der Waals surface area contributed by atoms with Crippen molar-refractivity contribution >= 4 is 58.6 Å². The van der Waals surface area contributed by atoms with Crippen molar-refractivity contribution in [2.45, 2.75) is 0 Å². The third-order valence-corrected chi connectivity index (χ3v) is 0. The van der Waals surface area contributed by atoms with Crippen LogP contribution in [0, 0.1) is 0 Å². The molecule has 35 valence electrons. The molecule has 0 nitrogen and oxygen atoms in total. The molecular weight excluding hydrogens is 343 g/mol. The van der Waals surface area contributed by atoms with Gasteiger partial charge in [0.15, 0.2) is 0 Å². The minimum atomic E-state index is 0. The fourth-order valence-electron chi connectivity index (χ4n) is 0. The summed E-state index contributed by atoms with van der Waals surface area (Å²) in [5.41, 5.74) is 0. The van der Waals surface area contributed by atoms with E-state index < -0.39 is 0 Å². The molecule has 0 spiro atoms. The average molecular weight is 350 g/mol. The minimum absolute atomic E-state index is 0. The predicted molar refractivity (Wildman–Crippen MR) is 27.0 cm³/mol. The number of hydrogen-bond acceptors (Lipinski definition) is 0. The molecule has 4 heavy (non-hydrogen) atoms. The van der Waals surface area contributed by atoms with Crippen LogP contribution >= 0.6 is 0 Å². The first-order valence-electron chi connectivity index (χ1n) is 0. The van der Waals surface area contributed by atoms with Gasteiger partial charge in [-0.3, -0.25) is 0 Å². The SMILES string of the molecule is [Cu].[SbH3].[SeH2].[SeH2]. The van der Waals surface area contributed by atoms with Crippen LogP contribution in [0.25, 0.3) is 0 Å². The zero-order valence-electron chi connectivity index (χ0n) is 2.01. The van der Waals surface area contributed by atoms with E-state index in [-0.39, 0.29) is 75.6 Å². The Morgan fingerprint density at radius 2 is 0.750 bits per heavy atom. The van der Waals surface area contributed by atoms with Gasteiger partial charge in [-0.25, -0.2) is 0 Å². The van der Waals surface area contributed by atoms with Gasteiger partial charge >= 0.3 is 58.6 Å². The van der Waals surface area contributed by atoms with Gasteiger partial charge in [0, 0.05) is 17.1 Å². The fourth-order valence-corrected chi connectivity index (χ4v) is 0. The monoisotopic (exact) mass is 351 g/mol. The third kappa shape index (κ3) is 8.83. The molecule has 0 aliphatic heterocycles. The molecule has 0 aromatic carbocycles. The summed E-state index contributed by atoms with van der Waals surface area (Å²) in [6.45, 7) is 0. The van der Waals surface area contributed by atoms with Crippen molar-refractivity contribution in [2.75, 3.05) is 0 Å². The van der Waals surface area contributed by atoms with Crippen LogP contribution in [0.1, 0.15) is 0 Å². The quantitative estimate of drug-likeness (QED) is 0.408. The van der Waals surface area contributed by atoms with Crippen molar-refractivity contribution in [3.8, 4) is 0 Å². The topological polar surface area (TPSA) is 0 Å². The van der Waals surface area contributed by atoms with Crippen molar-refractivity contribution < 1.29 is 17.1 Å². The molecule has 0 aliphatic rings. The van der Waals surface area contributed by atoms with Crippen molar-refractivity contribution in [3.05, 3.63) is 0 Å². The Hall–Kier alpha value is 2.38. The van der Waals surface area contributed by atoms with Crippen LogP contribution in [-0.4, -0.2) is 58.6 Å². The summed E-state index contributed by atoms with van der Waals surface area (Å²) in [5, 5.41) is 0. The molecule has 0 aromatic rings. The average Bonchev–Trinajstić information content (AvgIpc) is 0. The Kier molecular flexibility index (Phi) is 149. The maximum absolute atomic E-state index is 0. The molecule has 0 saturated heterocycles. The molecule has 0 rings (SSSR count). The van der Waals surface area contributed by atoms with Gasteiger partial charge in [-0.2, -0.15) is 0 Å². The Labute approximate surface area is 74.7 Å². The second kappa shape index (κ2) is 18.2. The Morgan fingerprint density at radius 1 is 0.750 bits per heavy atom. The van der Waals surface area contributed by atoms with Gasteiger partial charge < -0.3 is 0 Å². The van der Waals surface area contributed by atoms with Gasteiger partial charge in [0.25, 0.3) is 0 Å². The van der Waals surface area contributed by atoms with E-state index in [1.165, 1.54) is 0 Å². The molecule has 0 amide bonds. The molecule has 0 unspecified atom stereocenters. The maximum atomic E-state index is 0. The standard InChI is InChI=1S/Cu.Sb.2H2Se.3H/h;;2*1H2;;;. The van der Waals surface area contributed by atoms with Gasteiger partial charge in [0.05, 0.1) is 0 Å². The van der Waals surface area contributed by atoms with Crippen LogP contribution in [0.15, 0.2) is 0 Å². The molecule has 0 fully saturated rings. The van der Waals surface area contributed by atoms with E-state index in [4.69, 9.17) is 0 Å². The van der Waals surface area contributed by atoms with Crippen LogP contribution in [0.4, 0.5) is 0 Å². The van der Waals surface area contributed by atoms with Gasteiger partial charge in [-0.15, -0.1) is 0 Å². The first kappa shape index (κ1) is 32.6. The zero-order chi connectivity index (χ0) is 0. The van der Waals surface area contributed by atoms with E-state index in [9.17, 15) is 0 Å². The van der Waals surface area contributed by atoms with Crippen molar-refractivity contribution in [1.29, 1.82) is 0 Å². The van der Waals surface area contributed by atoms with E-state index in [2.05, 4.69) is 0 Å². The van der Waals surface area contributed by atoms with Crippen molar-refractivity contribution in [3.63, 3.8) is 0 Å². The molecule has 0 aliphatic carbocycles. The van der Waals surface area contributed by atoms with Crippen LogP contribution in [0.3, 0.4) is 0 Å². The third-order valence-electron chi connectivity index (χ3n) is 0. The molecule has 0 bridgehead atoms. The van der Waals surface area contributed by atoms with Gasteiger partial charge in [-0.1, -0.05) is 0 Å². The summed E-state index contributed by atoms with van der Waals surface area (Å²) in [6.07, 6.45) is 0. The molecule has 0 aromatic heterocycles. The van der Waals surface area contributed by atoms with Gasteiger partial charge in [-0.05, 0) is 0 Å². The van der Waals surface area contributed by atoms with Gasteiger partial charge in [0.2, 0.25) is 0 Å². The molecule has 0 saturated carbocycles. The van der Waals surface area contributed by atoms with E-state index in [1.807, 2.05) is 0 Å². The summed E-state index contributed by atoms with van der Waals surface area (Å²) < 4.78 is 0. The van der Waals surface area contributed by atoms with Crippen molar-refractivity contribution in [2.24, 2.45) is 0 Å². The van der Waals surface area contributed by atoms with E-state index in [0.29, 0.717) is 0 Å². The van der Waals surface area contributed by atoms with Crippen molar-refractivity contribution in [1.82, 2.24) is 0 Å². The summed E-state index contributed by atoms with van der Waals surface area (Å²) >= 11 is 0. The zero-order valence-corrected chi connectivity index (χ0v) is 11.2. The second-order valence-electron chi connectivity index (χ2n) is 0. The second-order valence-corrected chi connectivity index (χ2v) is 0. The molecule has 4 heteroatoms. The Bertz CT molecular complexity index is 6.00. The fraction of sp³-hybridized carbons (Fsp3) is 0. The number of rotatable bonds is 0. The van der Waals surface area contributed by atoms with Crippen LogP contribution in [-0.2, 0) is 17.1 Å². The number of hydrogen-bond donors (Lipinski definition) is 0. The summed E-state index contributed by atoms with van der Waals surface area (Å²) in [5.74, 6) is 0. The first-order chi connectivity index (χ1) is 0. The molecule has 0 heterocycles. The van der Waals surface area contributed by atoms with Crippen LogP contribution in [0.2, 0.25) is 0 Å². The molecule has 0 N–H and O–H groups in total. The van der Waals surface area contributed by atoms with Crippen LogP contribution in [0.5, 0.6) is 0 Å². The predicted octanol–water partition coefficient (Wildman–Crippen LogP) is -3.02. The first-order valence-corrected chi connectivity index (χ1v) is 0. The van der Waals surface area contributed by atoms with E-state index in [1.54, 1.807) is 0 Å². The Morgan fingerprint density at radius 3 is 0.750 bits per heavy atom. The summed E-state index contributed by atoms with van der Waals surface area (Å²) in [4.78, 5) is 0. The molecule has 0 atom stereocenters.